The number of hydrogen-bond acceptors (Lipinski definition) is 2. The molecule has 1 aromatic carbocycles. The van der Waals surface area contributed by atoms with Gasteiger partial charge in [0.05, 0.1) is 5.02 Å². The average Bonchev–Trinajstić information content (AvgIpc) is 2.22. The Labute approximate surface area is 97.4 Å². The van der Waals surface area contributed by atoms with Crippen molar-refractivity contribution in [3.63, 3.8) is 0 Å². The molecule has 0 saturated heterocycles. The summed E-state index contributed by atoms with van der Waals surface area (Å²) in [6.07, 6.45) is 1.47. The minimum atomic E-state index is 0.432. The van der Waals surface area contributed by atoms with Gasteiger partial charge in [0.1, 0.15) is 5.75 Å². The molecular formula is C11H6Cl2NO. The summed E-state index contributed by atoms with van der Waals surface area (Å²) in [4.78, 5) is 3.96. The molecule has 2 nitrogen and oxygen atoms in total. The maximum Gasteiger partial charge on any atom is 0.220 e. The van der Waals surface area contributed by atoms with Gasteiger partial charge in [0.2, 0.25) is 5.88 Å². The van der Waals surface area contributed by atoms with E-state index in [2.05, 4.69) is 11.1 Å². The number of pyridine rings is 1. The van der Waals surface area contributed by atoms with Crippen LogP contribution in [0.5, 0.6) is 11.6 Å². The molecule has 0 atom stereocenters. The van der Waals surface area contributed by atoms with Gasteiger partial charge in [0.25, 0.3) is 0 Å². The Balaban J connectivity index is 2.18. The molecule has 0 aliphatic carbocycles. The van der Waals surface area contributed by atoms with Gasteiger partial charge in [0.15, 0.2) is 0 Å². The lowest BCUT2D eigenvalue weighted by molar-refractivity contribution is 0.463. The Bertz CT molecular complexity index is 456. The van der Waals surface area contributed by atoms with Gasteiger partial charge in [-0.2, -0.15) is 0 Å². The number of hydrogen-bond donors (Lipinski definition) is 0. The first-order valence-corrected chi connectivity index (χ1v) is 4.96. The molecule has 75 valence electrons. The van der Waals surface area contributed by atoms with E-state index in [1.807, 2.05) is 0 Å². The number of rotatable bonds is 2. The van der Waals surface area contributed by atoms with Crippen LogP contribution in [-0.2, 0) is 0 Å². The smallest absolute Gasteiger partial charge is 0.220 e. The normalized spacial score (nSPS) is 10.0. The SMILES string of the molecule is Clc1[c]cnc(Oc2ccc(Cl)cc2)c1. The molecule has 0 aliphatic heterocycles. The number of benzene rings is 1. The van der Waals surface area contributed by atoms with Crippen molar-refractivity contribution in [2.75, 3.05) is 0 Å². The lowest BCUT2D eigenvalue weighted by Gasteiger charge is -2.03. The monoisotopic (exact) mass is 238 g/mol. The van der Waals surface area contributed by atoms with Crippen LogP contribution in [0, 0.1) is 6.07 Å². The molecule has 0 fully saturated rings. The zero-order valence-electron chi connectivity index (χ0n) is 7.58. The van der Waals surface area contributed by atoms with Crippen LogP contribution < -0.4 is 4.74 Å². The van der Waals surface area contributed by atoms with Gasteiger partial charge in [0, 0.05) is 23.4 Å². The van der Waals surface area contributed by atoms with Crippen LogP contribution in [0.15, 0.2) is 36.5 Å². The summed E-state index contributed by atoms with van der Waals surface area (Å²) in [6.45, 7) is 0. The van der Waals surface area contributed by atoms with Gasteiger partial charge in [-0.25, -0.2) is 4.98 Å². The minimum Gasteiger partial charge on any atom is -0.439 e. The fraction of sp³-hybridized carbons (Fsp3) is 0. The summed E-state index contributed by atoms with van der Waals surface area (Å²) in [5.41, 5.74) is 0. The standard InChI is InChI=1S/C11H6Cl2NO/c12-8-1-3-10(4-2-8)15-11-7-9(13)5-6-14-11/h1-4,6-7H. The van der Waals surface area contributed by atoms with Crippen LogP contribution in [0.3, 0.4) is 0 Å². The van der Waals surface area contributed by atoms with E-state index < -0.39 is 0 Å². The molecule has 15 heavy (non-hydrogen) atoms. The third-order valence-corrected chi connectivity index (χ3v) is 2.15. The van der Waals surface area contributed by atoms with E-state index in [0.29, 0.717) is 21.7 Å². The average molecular weight is 239 g/mol. The first kappa shape index (κ1) is 10.3. The second-order valence-corrected chi connectivity index (χ2v) is 3.63. The Morgan fingerprint density at radius 1 is 1.13 bits per heavy atom. The van der Waals surface area contributed by atoms with Crippen molar-refractivity contribution < 1.29 is 4.74 Å². The molecule has 0 saturated carbocycles. The zero-order valence-corrected chi connectivity index (χ0v) is 9.09. The topological polar surface area (TPSA) is 22.1 Å². The van der Waals surface area contributed by atoms with Crippen molar-refractivity contribution in [2.24, 2.45) is 0 Å². The van der Waals surface area contributed by atoms with Crippen LogP contribution in [0.2, 0.25) is 10.0 Å². The van der Waals surface area contributed by atoms with Gasteiger partial charge >= 0.3 is 0 Å². The molecule has 0 spiro atoms. The van der Waals surface area contributed by atoms with Crippen LogP contribution in [0.1, 0.15) is 0 Å². The summed E-state index contributed by atoms with van der Waals surface area (Å²) in [5, 5.41) is 1.13. The highest BCUT2D eigenvalue weighted by Gasteiger charge is 1.99. The van der Waals surface area contributed by atoms with Gasteiger partial charge < -0.3 is 4.74 Å². The molecule has 4 heteroatoms. The third kappa shape index (κ3) is 2.85. The summed E-state index contributed by atoms with van der Waals surface area (Å²) >= 11 is 11.5. The van der Waals surface area contributed by atoms with E-state index in [0.717, 1.165) is 0 Å². The van der Waals surface area contributed by atoms with E-state index in [1.165, 1.54) is 6.20 Å². The van der Waals surface area contributed by atoms with Crippen LogP contribution in [0.4, 0.5) is 0 Å². The number of aromatic nitrogens is 1. The van der Waals surface area contributed by atoms with E-state index in [4.69, 9.17) is 27.9 Å². The molecule has 0 bridgehead atoms. The Kier molecular flexibility index (Phi) is 3.09. The fourth-order valence-electron chi connectivity index (χ4n) is 1.02. The van der Waals surface area contributed by atoms with Crippen LogP contribution in [-0.4, -0.2) is 4.98 Å². The molecule has 0 aliphatic rings. The van der Waals surface area contributed by atoms with E-state index in [9.17, 15) is 0 Å². The Hall–Kier alpha value is -1.25. The second-order valence-electron chi connectivity index (χ2n) is 2.79. The molecule has 1 radical (unpaired) electrons. The van der Waals surface area contributed by atoms with E-state index >= 15 is 0 Å². The van der Waals surface area contributed by atoms with Crippen molar-refractivity contribution >= 4 is 23.2 Å². The van der Waals surface area contributed by atoms with Gasteiger partial charge in [-0.1, -0.05) is 23.2 Å². The minimum absolute atomic E-state index is 0.432. The molecule has 1 heterocycles. The zero-order chi connectivity index (χ0) is 10.7. The quantitative estimate of drug-likeness (QED) is 0.790. The summed E-state index contributed by atoms with van der Waals surface area (Å²) in [5.74, 6) is 1.09. The van der Waals surface area contributed by atoms with E-state index in [-0.39, 0.29) is 0 Å². The van der Waals surface area contributed by atoms with Crippen molar-refractivity contribution in [2.45, 2.75) is 0 Å². The number of nitrogens with zero attached hydrogens (tertiary/aromatic N) is 1. The summed E-state index contributed by atoms with van der Waals surface area (Å²) in [7, 11) is 0. The van der Waals surface area contributed by atoms with Crippen LogP contribution >= 0.6 is 23.2 Å². The molecule has 0 amide bonds. The molecule has 2 rings (SSSR count). The lowest BCUT2D eigenvalue weighted by atomic mass is 10.3. The van der Waals surface area contributed by atoms with Crippen molar-refractivity contribution in [3.05, 3.63) is 52.6 Å². The molecule has 1 aromatic heterocycles. The Morgan fingerprint density at radius 3 is 2.53 bits per heavy atom. The maximum atomic E-state index is 5.74. The van der Waals surface area contributed by atoms with Gasteiger partial charge in [-0.05, 0) is 24.3 Å². The van der Waals surface area contributed by atoms with Crippen molar-refractivity contribution in [1.29, 1.82) is 0 Å². The highest BCUT2D eigenvalue weighted by Crippen LogP contribution is 2.22. The molecule has 2 aromatic rings. The highest BCUT2D eigenvalue weighted by atomic mass is 35.5. The maximum absolute atomic E-state index is 5.74. The first-order chi connectivity index (χ1) is 7.24. The lowest BCUT2D eigenvalue weighted by Crippen LogP contribution is -1.86. The predicted octanol–water partition coefficient (Wildman–Crippen LogP) is 3.98. The van der Waals surface area contributed by atoms with Gasteiger partial charge in [-0.15, -0.1) is 0 Å². The van der Waals surface area contributed by atoms with Crippen molar-refractivity contribution in [3.8, 4) is 11.6 Å². The summed E-state index contributed by atoms with van der Waals surface area (Å²) < 4.78 is 5.44. The molecule has 0 unspecified atom stereocenters. The second kappa shape index (κ2) is 4.51. The number of ether oxygens (including phenoxy) is 1. The third-order valence-electron chi connectivity index (χ3n) is 1.68. The molecular weight excluding hydrogens is 233 g/mol. The van der Waals surface area contributed by atoms with Crippen molar-refractivity contribution in [1.82, 2.24) is 4.98 Å². The Morgan fingerprint density at radius 2 is 1.87 bits per heavy atom. The van der Waals surface area contributed by atoms with E-state index in [1.54, 1.807) is 30.3 Å². The molecule has 0 N–H and O–H groups in total. The highest BCUT2D eigenvalue weighted by molar-refractivity contribution is 6.30. The predicted molar refractivity (Wildman–Crippen MR) is 59.6 cm³/mol. The summed E-state index contributed by atoms with van der Waals surface area (Å²) in [6, 6.07) is 11.3. The van der Waals surface area contributed by atoms with Gasteiger partial charge in [-0.3, -0.25) is 0 Å². The largest absolute Gasteiger partial charge is 0.439 e. The first-order valence-electron chi connectivity index (χ1n) is 4.21. The number of halogens is 2. The fourth-order valence-corrected chi connectivity index (χ4v) is 1.29. The van der Waals surface area contributed by atoms with Crippen LogP contribution in [0.25, 0.3) is 0 Å².